The van der Waals surface area contributed by atoms with Crippen LogP contribution >= 0.6 is 11.8 Å². The maximum Gasteiger partial charge on any atom is 0.255 e. The van der Waals surface area contributed by atoms with Crippen molar-refractivity contribution in [1.82, 2.24) is 0 Å². The molecule has 0 atom stereocenters. The number of rotatable bonds is 5. The van der Waals surface area contributed by atoms with Crippen molar-refractivity contribution in [2.75, 3.05) is 21.7 Å². The minimum Gasteiger partial charge on any atom is -0.326 e. The van der Waals surface area contributed by atoms with Gasteiger partial charge >= 0.3 is 0 Å². The Labute approximate surface area is 168 Å². The highest BCUT2D eigenvalue weighted by Gasteiger charge is 2.16. The summed E-state index contributed by atoms with van der Waals surface area (Å²) in [6.45, 7) is 3.98. The third-order valence-electron chi connectivity index (χ3n) is 4.12. The van der Waals surface area contributed by atoms with Gasteiger partial charge in [0.2, 0.25) is 11.8 Å². The number of nitrogens with one attached hydrogen (secondary N) is 3. The van der Waals surface area contributed by atoms with Crippen LogP contribution in [0.15, 0.2) is 47.4 Å². The second-order valence-corrected chi connectivity index (χ2v) is 8.17. The van der Waals surface area contributed by atoms with E-state index in [-0.39, 0.29) is 17.7 Å². The summed E-state index contributed by atoms with van der Waals surface area (Å²) >= 11 is 1.60. The second-order valence-electron chi connectivity index (χ2n) is 7.04. The van der Waals surface area contributed by atoms with Gasteiger partial charge in [-0.3, -0.25) is 14.4 Å². The lowest BCUT2D eigenvalue weighted by Gasteiger charge is -2.11. The zero-order chi connectivity index (χ0) is 20.1. The molecule has 3 rings (SSSR count). The summed E-state index contributed by atoms with van der Waals surface area (Å²) in [4.78, 5) is 37.1. The molecule has 7 heteroatoms. The van der Waals surface area contributed by atoms with Gasteiger partial charge in [-0.15, -0.1) is 11.8 Å². The summed E-state index contributed by atoms with van der Waals surface area (Å²) in [6.07, 6.45) is 0.923. The minimum atomic E-state index is -0.261. The van der Waals surface area contributed by atoms with E-state index in [1.54, 1.807) is 48.2 Å². The topological polar surface area (TPSA) is 87.3 Å². The van der Waals surface area contributed by atoms with E-state index in [0.717, 1.165) is 10.6 Å². The Bertz CT molecular complexity index is 894. The van der Waals surface area contributed by atoms with Gasteiger partial charge in [-0.1, -0.05) is 13.8 Å². The smallest absolute Gasteiger partial charge is 0.255 e. The maximum absolute atomic E-state index is 12.6. The highest BCUT2D eigenvalue weighted by atomic mass is 32.2. The highest BCUT2D eigenvalue weighted by molar-refractivity contribution is 7.99. The van der Waals surface area contributed by atoms with E-state index < -0.39 is 0 Å². The van der Waals surface area contributed by atoms with Gasteiger partial charge in [-0.05, 0) is 48.4 Å². The van der Waals surface area contributed by atoms with Crippen LogP contribution in [0.3, 0.4) is 0 Å². The van der Waals surface area contributed by atoms with Crippen molar-refractivity contribution in [2.45, 2.75) is 31.6 Å². The van der Waals surface area contributed by atoms with E-state index in [9.17, 15) is 14.4 Å². The van der Waals surface area contributed by atoms with Crippen molar-refractivity contribution >= 4 is 46.5 Å². The van der Waals surface area contributed by atoms with Gasteiger partial charge in [0.25, 0.3) is 5.91 Å². The third-order valence-corrected chi connectivity index (χ3v) is 5.20. The molecule has 0 aliphatic carbocycles. The van der Waals surface area contributed by atoms with Crippen LogP contribution in [0.4, 0.5) is 17.1 Å². The molecule has 1 aliphatic heterocycles. The molecule has 2 aromatic carbocycles. The van der Waals surface area contributed by atoms with E-state index in [4.69, 9.17) is 0 Å². The van der Waals surface area contributed by atoms with Crippen molar-refractivity contribution in [3.8, 4) is 0 Å². The van der Waals surface area contributed by atoms with Crippen LogP contribution in [0.25, 0.3) is 0 Å². The Morgan fingerprint density at radius 2 is 1.75 bits per heavy atom. The monoisotopic (exact) mass is 397 g/mol. The molecule has 0 unspecified atom stereocenters. The van der Waals surface area contributed by atoms with Crippen LogP contribution in [0.5, 0.6) is 0 Å². The molecule has 0 aromatic heterocycles. The Morgan fingerprint density at radius 3 is 2.43 bits per heavy atom. The molecule has 28 heavy (non-hydrogen) atoms. The summed E-state index contributed by atoms with van der Waals surface area (Å²) in [7, 11) is 0. The average molecular weight is 398 g/mol. The molecule has 2 aromatic rings. The predicted molar refractivity (Wildman–Crippen MR) is 113 cm³/mol. The molecule has 0 radical (unpaired) electrons. The minimum absolute atomic E-state index is 0.0309. The summed E-state index contributed by atoms with van der Waals surface area (Å²) in [5.74, 6) is 0.686. The number of hydrogen-bond acceptors (Lipinski definition) is 4. The average Bonchev–Trinajstić information content (AvgIpc) is 2.82. The Hall–Kier alpha value is -2.80. The summed E-state index contributed by atoms with van der Waals surface area (Å²) in [6, 6.07) is 12.3. The van der Waals surface area contributed by atoms with Crippen LogP contribution < -0.4 is 16.0 Å². The fourth-order valence-electron chi connectivity index (χ4n) is 2.78. The molecular weight excluding hydrogens is 374 g/mol. The number of benzene rings is 2. The van der Waals surface area contributed by atoms with Crippen molar-refractivity contribution in [3.63, 3.8) is 0 Å². The van der Waals surface area contributed by atoms with Crippen LogP contribution in [0.1, 0.15) is 37.0 Å². The molecule has 1 aliphatic rings. The van der Waals surface area contributed by atoms with E-state index in [1.165, 1.54) is 0 Å². The third kappa shape index (κ3) is 5.36. The fraction of sp³-hybridized carbons (Fsp3) is 0.286. The summed E-state index contributed by atoms with van der Waals surface area (Å²) in [5.41, 5.74) is 2.45. The van der Waals surface area contributed by atoms with Crippen LogP contribution in [-0.4, -0.2) is 23.5 Å². The molecule has 6 nitrogen and oxygen atoms in total. The zero-order valence-corrected chi connectivity index (χ0v) is 16.7. The molecule has 3 amide bonds. The zero-order valence-electron chi connectivity index (χ0n) is 15.9. The van der Waals surface area contributed by atoms with E-state index in [0.29, 0.717) is 41.4 Å². The van der Waals surface area contributed by atoms with Crippen molar-refractivity contribution in [2.24, 2.45) is 5.92 Å². The van der Waals surface area contributed by atoms with Gasteiger partial charge in [-0.2, -0.15) is 0 Å². The Kier molecular flexibility index (Phi) is 6.36. The lowest BCUT2D eigenvalue weighted by atomic mass is 10.1. The number of hydrogen-bond donors (Lipinski definition) is 3. The van der Waals surface area contributed by atoms with Gasteiger partial charge in [0, 0.05) is 40.4 Å². The number of thioether (sulfide) groups is 1. The molecule has 0 saturated heterocycles. The largest absolute Gasteiger partial charge is 0.326 e. The Morgan fingerprint density at radius 1 is 1.07 bits per heavy atom. The lowest BCUT2D eigenvalue weighted by molar-refractivity contribution is -0.117. The van der Waals surface area contributed by atoms with Gasteiger partial charge in [0.15, 0.2) is 0 Å². The molecule has 0 spiro atoms. The second kappa shape index (κ2) is 8.93. The first-order chi connectivity index (χ1) is 13.4. The van der Waals surface area contributed by atoms with Crippen LogP contribution in [0.2, 0.25) is 0 Å². The normalized spacial score (nSPS) is 13.3. The number of amides is 3. The number of carbonyl (C=O) groups is 3. The van der Waals surface area contributed by atoms with Gasteiger partial charge in [0.1, 0.15) is 0 Å². The molecule has 1 heterocycles. The van der Waals surface area contributed by atoms with Gasteiger partial charge in [-0.25, -0.2) is 0 Å². The van der Waals surface area contributed by atoms with Gasteiger partial charge in [0.05, 0.1) is 5.69 Å². The first kappa shape index (κ1) is 19.9. The highest BCUT2D eigenvalue weighted by Crippen LogP contribution is 2.31. The SMILES string of the molecule is CC(C)CC(=O)Nc1ccc(NC(=O)c2ccc3c(c2)NC(=O)CCS3)cc1. The van der Waals surface area contributed by atoms with Gasteiger partial charge < -0.3 is 16.0 Å². The molecular formula is C21H23N3O3S. The summed E-state index contributed by atoms with van der Waals surface area (Å²) < 4.78 is 0. The predicted octanol–water partition coefficient (Wildman–Crippen LogP) is 4.36. The first-order valence-electron chi connectivity index (χ1n) is 9.18. The van der Waals surface area contributed by atoms with Crippen molar-refractivity contribution in [3.05, 3.63) is 48.0 Å². The van der Waals surface area contributed by atoms with E-state index in [1.807, 2.05) is 19.9 Å². The maximum atomic E-state index is 12.6. The number of fused-ring (bicyclic) bond motifs is 1. The van der Waals surface area contributed by atoms with Crippen LogP contribution in [0, 0.1) is 5.92 Å². The fourth-order valence-corrected chi connectivity index (χ4v) is 3.72. The molecule has 146 valence electrons. The molecule has 3 N–H and O–H groups in total. The first-order valence-corrected chi connectivity index (χ1v) is 10.2. The lowest BCUT2D eigenvalue weighted by Crippen LogP contribution is -2.15. The molecule has 0 fully saturated rings. The Balaban J connectivity index is 1.65. The molecule has 0 bridgehead atoms. The van der Waals surface area contributed by atoms with E-state index in [2.05, 4.69) is 16.0 Å². The van der Waals surface area contributed by atoms with E-state index >= 15 is 0 Å². The number of anilines is 3. The van der Waals surface area contributed by atoms with Crippen molar-refractivity contribution in [1.29, 1.82) is 0 Å². The summed E-state index contributed by atoms with van der Waals surface area (Å²) in [5, 5.41) is 8.51. The number of carbonyl (C=O) groups excluding carboxylic acids is 3. The standard InChI is InChI=1S/C21H23N3O3S/c1-13(2)11-20(26)22-15-4-6-16(7-5-15)23-21(27)14-3-8-18-17(12-14)24-19(25)9-10-28-18/h3-8,12-13H,9-11H2,1-2H3,(H,22,26)(H,23,27)(H,24,25). The van der Waals surface area contributed by atoms with Crippen molar-refractivity contribution < 1.29 is 14.4 Å². The quantitative estimate of drug-likeness (QED) is 0.700. The van der Waals surface area contributed by atoms with Crippen LogP contribution in [-0.2, 0) is 9.59 Å². The molecule has 0 saturated carbocycles.